The highest BCUT2D eigenvalue weighted by atomic mass is 35.5. The maximum atomic E-state index is 13.4. The third kappa shape index (κ3) is 6.20. The Bertz CT molecular complexity index is 2060. The Kier molecular flexibility index (Phi) is 9.28. The first-order valence-electron chi connectivity index (χ1n) is 15.9. The smallest absolute Gasteiger partial charge is 0.352 e. The molecular weight excluding hydrogens is 704 g/mol. The average Bonchev–Trinajstić information content (AvgIpc) is 3.81. The number of hydrogen-bond donors (Lipinski definition) is 4. The molecule has 4 aromatic rings. The van der Waals surface area contributed by atoms with E-state index in [1.807, 2.05) is 46.0 Å². The fraction of sp³-hybridized carbons (Fsp3) is 0.344. The molecule has 3 aliphatic rings. The van der Waals surface area contributed by atoms with Crippen LogP contribution in [0.5, 0.6) is 0 Å². The van der Waals surface area contributed by atoms with Gasteiger partial charge in [-0.25, -0.2) is 19.0 Å². The first-order chi connectivity index (χ1) is 24.1. The average molecular weight is 738 g/mol. The molecule has 0 aliphatic carbocycles. The van der Waals surface area contributed by atoms with Gasteiger partial charge < -0.3 is 25.9 Å². The minimum absolute atomic E-state index is 0.0220. The molecule has 15 nitrogen and oxygen atoms in total. The van der Waals surface area contributed by atoms with E-state index >= 15 is 0 Å². The van der Waals surface area contributed by atoms with Crippen molar-refractivity contribution in [3.63, 3.8) is 0 Å². The van der Waals surface area contributed by atoms with E-state index in [1.54, 1.807) is 0 Å². The molecule has 1 aromatic carbocycles. The SMILES string of the molecule is CO/N=C(\C(=O)N[C@@H]1C(=O)N2C(C(=O)O)=C(Cn3ccc4n3cc[n+]4Cc3ccc(C(=N)N4CCCCC4)cc3)CS[C@H]12)c1nc(N)sc1Cl. The van der Waals surface area contributed by atoms with Gasteiger partial charge in [0.15, 0.2) is 17.0 Å². The molecule has 50 heavy (non-hydrogen) atoms. The summed E-state index contributed by atoms with van der Waals surface area (Å²) in [4.78, 5) is 51.3. The monoisotopic (exact) mass is 737 g/mol. The molecule has 260 valence electrons. The molecular formula is C32H34ClN10O5S2+. The molecule has 0 radical (unpaired) electrons. The Hall–Kier alpha value is -4.87. The number of halogens is 1. The zero-order valence-electron chi connectivity index (χ0n) is 26.9. The molecule has 3 aliphatic heterocycles. The number of hydrogen-bond acceptors (Lipinski definition) is 10. The van der Waals surface area contributed by atoms with Crippen LogP contribution in [-0.4, -0.2) is 95.8 Å². The maximum absolute atomic E-state index is 13.4. The quantitative estimate of drug-likeness (QED) is 0.0623. The van der Waals surface area contributed by atoms with Crippen LogP contribution in [0.3, 0.4) is 0 Å². The topological polar surface area (TPSA) is 188 Å². The fourth-order valence-corrected chi connectivity index (χ4v) is 8.79. The minimum Gasteiger partial charge on any atom is -0.477 e. The van der Waals surface area contributed by atoms with Crippen molar-refractivity contribution in [1.82, 2.24) is 29.3 Å². The summed E-state index contributed by atoms with van der Waals surface area (Å²) in [5.41, 5.74) is 8.87. The zero-order valence-corrected chi connectivity index (χ0v) is 29.3. The molecule has 0 spiro atoms. The molecule has 0 unspecified atom stereocenters. The highest BCUT2D eigenvalue weighted by Crippen LogP contribution is 2.41. The number of nitrogens with two attached hydrogens (primary N) is 1. The van der Waals surface area contributed by atoms with Gasteiger partial charge in [0.05, 0.1) is 18.8 Å². The predicted octanol–water partition coefficient (Wildman–Crippen LogP) is 2.37. The second-order valence-corrected chi connectivity index (χ2v) is 14.8. The summed E-state index contributed by atoms with van der Waals surface area (Å²) >= 11 is 8.50. The minimum atomic E-state index is -1.22. The molecule has 2 fully saturated rings. The van der Waals surface area contributed by atoms with E-state index in [0.717, 1.165) is 54.0 Å². The number of imidazole rings is 1. The number of oxime groups is 1. The number of carbonyl (C=O) groups excluding carboxylic acids is 2. The van der Waals surface area contributed by atoms with Crippen molar-refractivity contribution in [2.75, 3.05) is 31.7 Å². The molecule has 3 aromatic heterocycles. The van der Waals surface area contributed by atoms with Gasteiger partial charge in [0.2, 0.25) is 0 Å². The highest BCUT2D eigenvalue weighted by Gasteiger charge is 2.54. The number of piperidine rings is 1. The van der Waals surface area contributed by atoms with E-state index in [2.05, 4.69) is 37.1 Å². The third-order valence-corrected chi connectivity index (χ3v) is 11.4. The Balaban J connectivity index is 1.04. The summed E-state index contributed by atoms with van der Waals surface area (Å²) in [6, 6.07) is 9.08. The number of nitrogen functional groups attached to an aromatic ring is 1. The van der Waals surface area contributed by atoms with Crippen molar-refractivity contribution in [2.24, 2.45) is 5.16 Å². The number of thiazole rings is 1. The second kappa shape index (κ2) is 13.8. The van der Waals surface area contributed by atoms with Gasteiger partial charge in [-0.2, -0.15) is 0 Å². The predicted molar refractivity (Wildman–Crippen MR) is 188 cm³/mol. The van der Waals surface area contributed by atoms with Crippen LogP contribution < -0.4 is 15.6 Å². The Labute approximate surface area is 299 Å². The standard InChI is InChI=1S/C32H33ClN10O5S2/c1-48-38-23(22-26(33)50-32(35)37-22)28(44)36-24-29(45)43-25(31(46)47)20(17-49-30(24)43)16-41-12-9-21-40(13-14-42(21)41)15-18-5-7-19(8-6-18)27(34)39-10-3-2-4-11-39/h5-9,12-14,24,30,34H,2-4,10-11,15-17H2,1H3,(H3-,35,36,37,44,46,47)/p+1/b34-27?,38-23-/t24-,30-/m1/s1. The van der Waals surface area contributed by atoms with Gasteiger partial charge in [-0.05, 0) is 30.4 Å². The summed E-state index contributed by atoms with van der Waals surface area (Å²) in [6.45, 7) is 2.72. The number of β-lactam (4-membered cyclic amide) rings is 1. The number of fused-ring (bicyclic) bond motifs is 2. The number of likely N-dealkylation sites (tertiary alicyclic amines) is 1. The molecule has 2 saturated heterocycles. The lowest BCUT2D eigenvalue weighted by atomic mass is 10.0. The fourth-order valence-electron chi connectivity index (χ4n) is 6.53. The largest absolute Gasteiger partial charge is 0.477 e. The molecule has 2 amide bonds. The number of carboxylic acids is 1. The third-order valence-electron chi connectivity index (χ3n) is 8.96. The number of aromatic nitrogens is 4. The van der Waals surface area contributed by atoms with E-state index in [1.165, 1.54) is 30.2 Å². The molecule has 0 bridgehead atoms. The van der Waals surface area contributed by atoms with Crippen molar-refractivity contribution in [1.29, 1.82) is 5.41 Å². The lowest BCUT2D eigenvalue weighted by Crippen LogP contribution is -2.71. The number of rotatable bonds is 10. The summed E-state index contributed by atoms with van der Waals surface area (Å²) < 4.78 is 6.07. The van der Waals surface area contributed by atoms with Crippen molar-refractivity contribution >= 4 is 74.8 Å². The van der Waals surface area contributed by atoms with Crippen molar-refractivity contribution in [3.05, 3.63) is 81.3 Å². The maximum Gasteiger partial charge on any atom is 0.352 e. The van der Waals surface area contributed by atoms with Crippen LogP contribution in [0.25, 0.3) is 5.65 Å². The summed E-state index contributed by atoms with van der Waals surface area (Å²) in [5.74, 6) is -1.64. The number of nitrogens with zero attached hydrogens (tertiary/aromatic N) is 7. The summed E-state index contributed by atoms with van der Waals surface area (Å²) in [5, 5.41) is 24.7. The van der Waals surface area contributed by atoms with Gasteiger partial charge in [-0.1, -0.05) is 52.4 Å². The molecule has 18 heteroatoms. The van der Waals surface area contributed by atoms with E-state index in [4.69, 9.17) is 27.6 Å². The number of carboxylic acid groups (broad SMARTS) is 1. The Morgan fingerprint density at radius 2 is 1.96 bits per heavy atom. The number of thioether (sulfide) groups is 1. The van der Waals surface area contributed by atoms with Crippen LogP contribution in [0.4, 0.5) is 5.13 Å². The van der Waals surface area contributed by atoms with Crippen LogP contribution in [0, 0.1) is 5.41 Å². The lowest BCUT2D eigenvalue weighted by molar-refractivity contribution is -0.661. The highest BCUT2D eigenvalue weighted by molar-refractivity contribution is 8.00. The first kappa shape index (κ1) is 33.6. The van der Waals surface area contributed by atoms with Crippen molar-refractivity contribution < 1.29 is 28.9 Å². The Morgan fingerprint density at radius 1 is 1.20 bits per heavy atom. The molecule has 5 N–H and O–H groups in total. The number of amidine groups is 1. The van der Waals surface area contributed by atoms with Gasteiger partial charge in [-0.15, -0.1) is 16.3 Å². The lowest BCUT2D eigenvalue weighted by Gasteiger charge is -2.49. The van der Waals surface area contributed by atoms with Gasteiger partial charge in [0, 0.05) is 24.4 Å². The van der Waals surface area contributed by atoms with Crippen LogP contribution in [0.15, 0.2) is 65.3 Å². The normalized spacial score (nSPS) is 19.4. The van der Waals surface area contributed by atoms with Crippen molar-refractivity contribution in [3.8, 4) is 0 Å². The molecule has 2 atom stereocenters. The number of carbonyl (C=O) groups is 3. The van der Waals surface area contributed by atoms with E-state index < -0.39 is 29.2 Å². The first-order valence-corrected chi connectivity index (χ1v) is 18.1. The summed E-state index contributed by atoms with van der Waals surface area (Å²) in [6.07, 6.45) is 9.24. The van der Waals surface area contributed by atoms with Gasteiger partial charge in [0.1, 0.15) is 52.8 Å². The Morgan fingerprint density at radius 3 is 2.64 bits per heavy atom. The van der Waals surface area contributed by atoms with Crippen molar-refractivity contribution in [2.45, 2.75) is 43.8 Å². The van der Waals surface area contributed by atoms with Gasteiger partial charge >= 0.3 is 11.6 Å². The van der Waals surface area contributed by atoms with Gasteiger partial charge in [-0.3, -0.25) is 19.9 Å². The molecule has 6 heterocycles. The van der Waals surface area contributed by atoms with Crippen LogP contribution in [0.1, 0.15) is 36.1 Å². The van der Waals surface area contributed by atoms with Crippen LogP contribution in [0.2, 0.25) is 4.34 Å². The number of aliphatic carboxylic acids is 1. The van der Waals surface area contributed by atoms with E-state index in [0.29, 0.717) is 23.7 Å². The number of anilines is 1. The molecule has 7 rings (SSSR count). The number of nitrogens with one attached hydrogen (secondary N) is 2. The van der Waals surface area contributed by atoms with E-state index in [-0.39, 0.29) is 33.1 Å². The molecule has 0 saturated carbocycles. The zero-order chi connectivity index (χ0) is 35.1. The second-order valence-electron chi connectivity index (χ2n) is 12.1. The summed E-state index contributed by atoms with van der Waals surface area (Å²) in [7, 11) is 1.25. The van der Waals surface area contributed by atoms with Crippen LogP contribution >= 0.6 is 34.7 Å². The van der Waals surface area contributed by atoms with Crippen LogP contribution in [-0.2, 0) is 32.3 Å². The number of amides is 2. The van der Waals surface area contributed by atoms with Gasteiger partial charge in [0.25, 0.3) is 11.8 Å². The number of benzene rings is 1. The van der Waals surface area contributed by atoms with E-state index in [9.17, 15) is 19.5 Å².